The molecule has 2 heterocycles. The number of carbonyl (C=O) groups is 2. The molecule has 174 valence electrons. The van der Waals surface area contributed by atoms with Gasteiger partial charge in [0.2, 0.25) is 0 Å². The number of benzene rings is 4. The van der Waals surface area contributed by atoms with E-state index in [9.17, 15) is 19.8 Å². The van der Waals surface area contributed by atoms with Gasteiger partial charge in [0, 0.05) is 11.1 Å². The highest BCUT2D eigenvalue weighted by Gasteiger charge is 2.12. The third-order valence-electron chi connectivity index (χ3n) is 6.07. The van der Waals surface area contributed by atoms with E-state index in [1.807, 2.05) is 48.5 Å². The molecule has 0 aliphatic carbocycles. The summed E-state index contributed by atoms with van der Waals surface area (Å²) in [5.74, 6) is -0.772. The molecule has 8 nitrogen and oxygen atoms in total. The van der Waals surface area contributed by atoms with E-state index in [1.165, 1.54) is 0 Å². The van der Waals surface area contributed by atoms with Crippen LogP contribution in [0.25, 0.3) is 56.0 Å². The molecule has 0 saturated heterocycles. The van der Waals surface area contributed by atoms with E-state index in [1.54, 1.807) is 36.4 Å². The van der Waals surface area contributed by atoms with Crippen LogP contribution in [0.5, 0.6) is 0 Å². The van der Waals surface area contributed by atoms with E-state index in [-0.39, 0.29) is 11.1 Å². The molecule has 36 heavy (non-hydrogen) atoms. The van der Waals surface area contributed by atoms with Crippen LogP contribution >= 0.6 is 0 Å². The van der Waals surface area contributed by atoms with Crippen LogP contribution in [0.2, 0.25) is 0 Å². The third-order valence-corrected chi connectivity index (χ3v) is 6.07. The quantitative estimate of drug-likeness (QED) is 0.248. The van der Waals surface area contributed by atoms with Crippen LogP contribution in [0.1, 0.15) is 20.7 Å². The SMILES string of the molecule is O=C(O)c1cccc(-c2nc3cc(-c4ccc5[nH]c(-c6cccc(C(=O)O)c6)nc5c4)ccc3[nH]2)c1. The molecule has 0 atom stereocenters. The molecule has 8 heteroatoms. The van der Waals surface area contributed by atoms with Gasteiger partial charge in [-0.1, -0.05) is 36.4 Å². The Balaban J connectivity index is 1.36. The predicted molar refractivity (Wildman–Crippen MR) is 136 cm³/mol. The van der Waals surface area contributed by atoms with E-state index in [0.29, 0.717) is 22.8 Å². The van der Waals surface area contributed by atoms with Crippen molar-refractivity contribution >= 4 is 34.0 Å². The van der Waals surface area contributed by atoms with Gasteiger partial charge >= 0.3 is 11.9 Å². The summed E-state index contributed by atoms with van der Waals surface area (Å²) in [5.41, 5.74) is 6.93. The van der Waals surface area contributed by atoms with Gasteiger partial charge in [-0.2, -0.15) is 0 Å². The minimum absolute atomic E-state index is 0.204. The average Bonchev–Trinajstić information content (AvgIpc) is 3.52. The lowest BCUT2D eigenvalue weighted by atomic mass is 10.0. The van der Waals surface area contributed by atoms with Crippen molar-refractivity contribution in [2.75, 3.05) is 0 Å². The lowest BCUT2D eigenvalue weighted by molar-refractivity contribution is 0.0686. The molecule has 0 radical (unpaired) electrons. The zero-order chi connectivity index (χ0) is 24.8. The monoisotopic (exact) mass is 474 g/mol. The van der Waals surface area contributed by atoms with Crippen LogP contribution in [0.15, 0.2) is 84.9 Å². The van der Waals surface area contributed by atoms with Crippen molar-refractivity contribution in [2.45, 2.75) is 0 Å². The Bertz CT molecular complexity index is 1680. The summed E-state index contributed by atoms with van der Waals surface area (Å²) >= 11 is 0. The number of H-pyrrole nitrogens is 2. The third kappa shape index (κ3) is 3.76. The fourth-order valence-electron chi connectivity index (χ4n) is 4.24. The fraction of sp³-hybridized carbons (Fsp3) is 0. The van der Waals surface area contributed by atoms with E-state index in [4.69, 9.17) is 0 Å². The minimum Gasteiger partial charge on any atom is -0.478 e. The number of carboxylic acid groups (broad SMARTS) is 2. The number of hydrogen-bond acceptors (Lipinski definition) is 4. The number of fused-ring (bicyclic) bond motifs is 2. The number of aromatic nitrogens is 4. The van der Waals surface area contributed by atoms with Gasteiger partial charge in [-0.25, -0.2) is 19.6 Å². The molecule has 0 unspecified atom stereocenters. The Hall–Kier alpha value is -5.24. The largest absolute Gasteiger partial charge is 0.478 e. The van der Waals surface area contributed by atoms with Crippen molar-refractivity contribution in [3.8, 4) is 33.9 Å². The first-order valence-corrected chi connectivity index (χ1v) is 11.1. The number of carboxylic acids is 2. The molecule has 6 aromatic rings. The first-order chi connectivity index (χ1) is 17.4. The van der Waals surface area contributed by atoms with Gasteiger partial charge in [0.25, 0.3) is 0 Å². The van der Waals surface area contributed by atoms with Crippen molar-refractivity contribution in [2.24, 2.45) is 0 Å². The second-order valence-corrected chi connectivity index (χ2v) is 8.41. The highest BCUT2D eigenvalue weighted by molar-refractivity contribution is 5.92. The Morgan fingerprint density at radius 2 is 1.00 bits per heavy atom. The predicted octanol–water partition coefficient (Wildman–Crippen LogP) is 5.84. The van der Waals surface area contributed by atoms with Crippen LogP contribution < -0.4 is 0 Å². The summed E-state index contributed by atoms with van der Waals surface area (Å²) in [6, 6.07) is 25.1. The van der Waals surface area contributed by atoms with Crippen molar-refractivity contribution in [1.29, 1.82) is 0 Å². The number of aromatic amines is 2. The van der Waals surface area contributed by atoms with E-state index < -0.39 is 11.9 Å². The summed E-state index contributed by atoms with van der Waals surface area (Å²) in [4.78, 5) is 38.5. The number of aromatic carboxylic acids is 2. The summed E-state index contributed by atoms with van der Waals surface area (Å²) in [6.07, 6.45) is 0. The van der Waals surface area contributed by atoms with Crippen LogP contribution in [-0.2, 0) is 0 Å². The minimum atomic E-state index is -0.984. The standard InChI is InChI=1S/C28H18N4O4/c33-27(34)19-5-1-3-17(11-19)25-29-21-9-7-15(13-23(21)31-25)16-8-10-22-24(14-16)32-26(30-22)18-4-2-6-20(12-18)28(35)36/h1-14H,(H,29,31)(H,30,32)(H,33,34)(H,35,36). The van der Waals surface area contributed by atoms with Gasteiger partial charge in [-0.3, -0.25) is 0 Å². The molecule has 2 aromatic heterocycles. The van der Waals surface area contributed by atoms with Gasteiger partial charge in [0.1, 0.15) is 11.6 Å². The van der Waals surface area contributed by atoms with Crippen LogP contribution in [0, 0.1) is 0 Å². The topological polar surface area (TPSA) is 132 Å². The molecule has 0 spiro atoms. The number of imidazole rings is 2. The number of nitrogens with zero attached hydrogens (tertiary/aromatic N) is 2. The number of rotatable bonds is 5. The molecule has 6 rings (SSSR count). The Morgan fingerprint density at radius 1 is 0.556 bits per heavy atom. The number of nitrogens with one attached hydrogen (secondary N) is 2. The second kappa shape index (κ2) is 8.21. The molecule has 4 aromatic carbocycles. The smallest absolute Gasteiger partial charge is 0.335 e. The van der Waals surface area contributed by atoms with Crippen LogP contribution in [-0.4, -0.2) is 42.1 Å². The molecular formula is C28H18N4O4. The highest BCUT2D eigenvalue weighted by atomic mass is 16.4. The summed E-state index contributed by atoms with van der Waals surface area (Å²) in [7, 11) is 0. The van der Waals surface area contributed by atoms with Crippen molar-refractivity contribution in [3.05, 3.63) is 96.1 Å². The van der Waals surface area contributed by atoms with Gasteiger partial charge in [0.05, 0.1) is 33.2 Å². The molecule has 4 N–H and O–H groups in total. The second-order valence-electron chi connectivity index (χ2n) is 8.41. The highest BCUT2D eigenvalue weighted by Crippen LogP contribution is 2.29. The fourth-order valence-corrected chi connectivity index (χ4v) is 4.24. The van der Waals surface area contributed by atoms with Gasteiger partial charge < -0.3 is 20.2 Å². The zero-order valence-corrected chi connectivity index (χ0v) is 18.7. The van der Waals surface area contributed by atoms with Crippen molar-refractivity contribution < 1.29 is 19.8 Å². The Labute approximate surface area is 203 Å². The molecular weight excluding hydrogens is 456 g/mol. The molecule has 0 aliphatic rings. The molecule has 0 bridgehead atoms. The molecule has 0 saturated carbocycles. The Kier molecular flexibility index (Phi) is 4.86. The van der Waals surface area contributed by atoms with Crippen molar-refractivity contribution in [3.63, 3.8) is 0 Å². The van der Waals surface area contributed by atoms with E-state index in [2.05, 4.69) is 19.9 Å². The zero-order valence-electron chi connectivity index (χ0n) is 18.7. The summed E-state index contributed by atoms with van der Waals surface area (Å²) < 4.78 is 0. The van der Waals surface area contributed by atoms with Crippen LogP contribution in [0.3, 0.4) is 0 Å². The lowest BCUT2D eigenvalue weighted by Gasteiger charge is -2.01. The molecule has 0 amide bonds. The van der Waals surface area contributed by atoms with Crippen molar-refractivity contribution in [1.82, 2.24) is 19.9 Å². The molecule has 0 fully saturated rings. The average molecular weight is 474 g/mol. The van der Waals surface area contributed by atoms with Gasteiger partial charge in [-0.15, -0.1) is 0 Å². The maximum absolute atomic E-state index is 11.3. The first-order valence-electron chi connectivity index (χ1n) is 11.1. The maximum atomic E-state index is 11.3. The van der Waals surface area contributed by atoms with E-state index >= 15 is 0 Å². The Morgan fingerprint density at radius 3 is 1.42 bits per heavy atom. The van der Waals surface area contributed by atoms with Gasteiger partial charge in [-0.05, 0) is 59.7 Å². The lowest BCUT2D eigenvalue weighted by Crippen LogP contribution is -1.95. The summed E-state index contributed by atoms with van der Waals surface area (Å²) in [5, 5.41) is 18.5. The first kappa shape index (κ1) is 21.3. The summed E-state index contributed by atoms with van der Waals surface area (Å²) in [6.45, 7) is 0. The van der Waals surface area contributed by atoms with E-state index in [0.717, 1.165) is 33.2 Å². The van der Waals surface area contributed by atoms with Crippen LogP contribution in [0.4, 0.5) is 0 Å². The number of hydrogen-bond donors (Lipinski definition) is 4. The normalized spacial score (nSPS) is 11.2. The maximum Gasteiger partial charge on any atom is 0.335 e. The molecule has 0 aliphatic heterocycles. The van der Waals surface area contributed by atoms with Gasteiger partial charge in [0.15, 0.2) is 0 Å².